The number of benzene rings is 1. The lowest BCUT2D eigenvalue weighted by Gasteiger charge is -2.45. The number of nitrogens with zero attached hydrogens (tertiary/aromatic N) is 6. The summed E-state index contributed by atoms with van der Waals surface area (Å²) in [4.78, 5) is 25.6. The lowest BCUT2D eigenvalue weighted by Crippen LogP contribution is -2.54. The fourth-order valence-electron chi connectivity index (χ4n) is 4.88. The van der Waals surface area contributed by atoms with Gasteiger partial charge in [-0.1, -0.05) is 26.0 Å². The molecule has 0 N–H and O–H groups in total. The fraction of sp³-hybridized carbons (Fsp3) is 0.440. The Morgan fingerprint density at radius 1 is 1.11 bits per heavy atom. The van der Waals surface area contributed by atoms with Crippen molar-refractivity contribution in [2.75, 3.05) is 24.5 Å². The number of aryl methyl sites for hydroxylation is 1. The first-order valence-corrected chi connectivity index (χ1v) is 11.6. The van der Waals surface area contributed by atoms with E-state index in [1.165, 1.54) is 4.57 Å². The molecule has 3 aromatic rings. The largest absolute Gasteiger partial charge is 0.416 e. The molecule has 2 atom stereocenters. The van der Waals surface area contributed by atoms with Crippen molar-refractivity contribution >= 4 is 16.9 Å². The molecule has 1 aromatic carbocycles. The zero-order valence-electron chi connectivity index (χ0n) is 19.9. The van der Waals surface area contributed by atoms with E-state index in [4.69, 9.17) is 0 Å². The van der Waals surface area contributed by atoms with Crippen LogP contribution in [0.1, 0.15) is 49.6 Å². The minimum absolute atomic E-state index is 0.0268. The number of nitriles is 1. The lowest BCUT2D eigenvalue weighted by atomic mass is 9.97. The van der Waals surface area contributed by atoms with E-state index in [-0.39, 0.29) is 17.8 Å². The van der Waals surface area contributed by atoms with Gasteiger partial charge in [-0.15, -0.1) is 0 Å². The Labute approximate surface area is 201 Å². The van der Waals surface area contributed by atoms with Gasteiger partial charge in [-0.2, -0.15) is 23.4 Å². The van der Waals surface area contributed by atoms with Crippen LogP contribution in [0.25, 0.3) is 11.0 Å². The Hall–Kier alpha value is -3.45. The molecule has 10 heteroatoms. The third-order valence-electron chi connectivity index (χ3n) is 6.76. The Kier molecular flexibility index (Phi) is 6.81. The predicted octanol–water partition coefficient (Wildman–Crippen LogP) is 4.27. The fourth-order valence-corrected chi connectivity index (χ4v) is 4.88. The molecule has 3 heterocycles. The van der Waals surface area contributed by atoms with Gasteiger partial charge in [0, 0.05) is 38.8 Å². The molecule has 35 heavy (non-hydrogen) atoms. The number of halogens is 3. The second kappa shape index (κ2) is 9.66. The Morgan fingerprint density at radius 2 is 1.83 bits per heavy atom. The first-order valence-electron chi connectivity index (χ1n) is 11.6. The van der Waals surface area contributed by atoms with Gasteiger partial charge in [-0.05, 0) is 42.7 Å². The van der Waals surface area contributed by atoms with Gasteiger partial charge in [-0.3, -0.25) is 9.47 Å². The molecule has 0 radical (unpaired) electrons. The van der Waals surface area contributed by atoms with Crippen molar-refractivity contribution in [3.05, 3.63) is 63.7 Å². The van der Waals surface area contributed by atoms with E-state index in [1.807, 2.05) is 17.9 Å². The summed E-state index contributed by atoms with van der Waals surface area (Å²) >= 11 is 0. The number of alkyl halides is 3. The van der Waals surface area contributed by atoms with Gasteiger partial charge in [0.2, 0.25) is 0 Å². The highest BCUT2D eigenvalue weighted by molar-refractivity contribution is 5.86. The molecule has 4 rings (SSSR count). The van der Waals surface area contributed by atoms with Crippen molar-refractivity contribution in [2.45, 2.75) is 44.9 Å². The molecular formula is C25H27F3N6O. The summed E-state index contributed by atoms with van der Waals surface area (Å²) in [6.07, 6.45) is -2.80. The molecule has 7 nitrogen and oxygen atoms in total. The van der Waals surface area contributed by atoms with Gasteiger partial charge in [0.1, 0.15) is 17.3 Å². The van der Waals surface area contributed by atoms with Crippen molar-refractivity contribution in [2.24, 2.45) is 7.05 Å². The lowest BCUT2D eigenvalue weighted by molar-refractivity contribution is -0.137. The van der Waals surface area contributed by atoms with Crippen molar-refractivity contribution < 1.29 is 13.2 Å². The van der Waals surface area contributed by atoms with E-state index in [0.717, 1.165) is 30.5 Å². The van der Waals surface area contributed by atoms with Crippen molar-refractivity contribution in [3.63, 3.8) is 0 Å². The van der Waals surface area contributed by atoms with E-state index in [9.17, 15) is 23.2 Å². The van der Waals surface area contributed by atoms with Crippen LogP contribution in [-0.4, -0.2) is 45.1 Å². The number of hydrogen-bond donors (Lipinski definition) is 0. The molecule has 184 valence electrons. The summed E-state index contributed by atoms with van der Waals surface area (Å²) < 4.78 is 40.5. The number of aromatic nitrogens is 3. The molecular weight excluding hydrogens is 457 g/mol. The summed E-state index contributed by atoms with van der Waals surface area (Å²) in [6.45, 7) is 5.91. The van der Waals surface area contributed by atoms with E-state index < -0.39 is 17.4 Å². The Bertz CT molecular complexity index is 1310. The number of piperazine rings is 1. The Balaban J connectivity index is 1.64. The molecule has 1 fully saturated rings. The zero-order chi connectivity index (χ0) is 25.3. The maximum Gasteiger partial charge on any atom is 0.416 e. The standard InChI is InChI=1S/C25H27F3N6O/c1-4-19-15-33(23-22-21(32(3)24(35)31-23)11-10-18(14-29)30-22)12-13-34(19)20(5-2)16-6-8-17(9-7-16)25(26,27)28/h6-11,19-20H,4-5,12-13,15H2,1-3H3. The van der Waals surface area contributed by atoms with Gasteiger partial charge < -0.3 is 4.90 Å². The third kappa shape index (κ3) is 4.73. The summed E-state index contributed by atoms with van der Waals surface area (Å²) in [5, 5.41) is 9.31. The molecule has 0 spiro atoms. The number of pyridine rings is 1. The molecule has 1 aliphatic heterocycles. The molecule has 0 bridgehead atoms. The minimum Gasteiger partial charge on any atom is -0.352 e. The first kappa shape index (κ1) is 24.7. The van der Waals surface area contributed by atoms with Crippen LogP contribution in [0, 0.1) is 11.3 Å². The molecule has 2 aromatic heterocycles. The van der Waals surface area contributed by atoms with Crippen LogP contribution in [0.5, 0.6) is 0 Å². The predicted molar refractivity (Wildman–Crippen MR) is 127 cm³/mol. The zero-order valence-corrected chi connectivity index (χ0v) is 19.9. The van der Waals surface area contributed by atoms with Crippen molar-refractivity contribution in [3.8, 4) is 6.07 Å². The number of rotatable bonds is 5. The third-order valence-corrected chi connectivity index (χ3v) is 6.76. The van der Waals surface area contributed by atoms with Crippen LogP contribution in [0.15, 0.2) is 41.2 Å². The molecule has 1 saturated heterocycles. The van der Waals surface area contributed by atoms with Crippen LogP contribution in [0.4, 0.5) is 19.0 Å². The van der Waals surface area contributed by atoms with Crippen LogP contribution in [0.2, 0.25) is 0 Å². The Morgan fingerprint density at radius 3 is 2.43 bits per heavy atom. The molecule has 0 aliphatic carbocycles. The topological polar surface area (TPSA) is 78.0 Å². The van der Waals surface area contributed by atoms with E-state index in [1.54, 1.807) is 31.3 Å². The first-order chi connectivity index (χ1) is 16.7. The van der Waals surface area contributed by atoms with Crippen LogP contribution in [-0.2, 0) is 13.2 Å². The van der Waals surface area contributed by atoms with Crippen molar-refractivity contribution in [1.29, 1.82) is 5.26 Å². The van der Waals surface area contributed by atoms with Crippen LogP contribution < -0.4 is 10.6 Å². The SMILES string of the molecule is CCC1CN(c2nc(=O)n(C)c3ccc(C#N)nc23)CCN1C(CC)c1ccc(C(F)(F)F)cc1. The van der Waals surface area contributed by atoms with Gasteiger partial charge >= 0.3 is 11.9 Å². The summed E-state index contributed by atoms with van der Waals surface area (Å²) in [5.41, 5.74) is 1.16. The highest BCUT2D eigenvalue weighted by atomic mass is 19.4. The van der Waals surface area contributed by atoms with E-state index >= 15 is 0 Å². The van der Waals surface area contributed by atoms with E-state index in [2.05, 4.69) is 21.8 Å². The van der Waals surface area contributed by atoms with Crippen LogP contribution in [0.3, 0.4) is 0 Å². The second-order valence-electron chi connectivity index (χ2n) is 8.74. The van der Waals surface area contributed by atoms with Crippen LogP contribution >= 0.6 is 0 Å². The maximum absolute atomic E-state index is 13.0. The highest BCUT2D eigenvalue weighted by Gasteiger charge is 2.34. The molecule has 2 unspecified atom stereocenters. The van der Waals surface area contributed by atoms with Gasteiger partial charge in [0.05, 0.1) is 11.1 Å². The van der Waals surface area contributed by atoms with Gasteiger partial charge in [0.25, 0.3) is 0 Å². The average molecular weight is 485 g/mol. The summed E-state index contributed by atoms with van der Waals surface area (Å²) in [5.74, 6) is 0.459. The quantitative estimate of drug-likeness (QED) is 0.538. The molecule has 1 aliphatic rings. The average Bonchev–Trinajstić information content (AvgIpc) is 2.86. The molecule has 0 saturated carbocycles. The normalized spacial score (nSPS) is 18.0. The number of fused-ring (bicyclic) bond motifs is 1. The smallest absolute Gasteiger partial charge is 0.352 e. The van der Waals surface area contributed by atoms with E-state index in [0.29, 0.717) is 36.5 Å². The van der Waals surface area contributed by atoms with Crippen molar-refractivity contribution in [1.82, 2.24) is 19.4 Å². The summed E-state index contributed by atoms with van der Waals surface area (Å²) in [6, 6.07) is 10.8. The monoisotopic (exact) mass is 484 g/mol. The number of anilines is 1. The summed E-state index contributed by atoms with van der Waals surface area (Å²) in [7, 11) is 1.62. The van der Waals surface area contributed by atoms with Gasteiger partial charge in [0.15, 0.2) is 5.82 Å². The molecule has 0 amide bonds. The number of hydrogen-bond acceptors (Lipinski definition) is 6. The maximum atomic E-state index is 13.0. The highest BCUT2D eigenvalue weighted by Crippen LogP contribution is 2.34. The minimum atomic E-state index is -4.36. The van der Waals surface area contributed by atoms with Gasteiger partial charge in [-0.25, -0.2) is 9.78 Å². The second-order valence-corrected chi connectivity index (χ2v) is 8.74.